The van der Waals surface area contributed by atoms with Crippen LogP contribution >= 0.6 is 0 Å². The highest BCUT2D eigenvalue weighted by atomic mass is 32.2. The summed E-state index contributed by atoms with van der Waals surface area (Å²) < 4.78 is 43.7. The zero-order valence-electron chi connectivity index (χ0n) is 22.3. The first-order chi connectivity index (χ1) is 19.3. The summed E-state index contributed by atoms with van der Waals surface area (Å²) in [5.41, 5.74) is 2.65. The van der Waals surface area contributed by atoms with E-state index in [9.17, 15) is 22.9 Å². The normalized spacial score (nSPS) is 23.4. The standard InChI is InChI=1S/C31H32FN3O4S/c32-23-9-5-22(6-10-23)30-34-28(26-4-2-1-3-25(26)27(36)19-31(20-33)13-14-31)29(39-30)21-7-11-24(12-8-21)35-15-17-40(37,38)18-16-35/h5-12,25-26H,1-4,13-19H2/t25-,26-/m1/s1. The van der Waals surface area contributed by atoms with Crippen LogP contribution in [0.2, 0.25) is 0 Å². The molecule has 2 aliphatic carbocycles. The number of halogens is 1. The van der Waals surface area contributed by atoms with E-state index in [2.05, 4.69) is 11.0 Å². The molecule has 1 saturated heterocycles. The number of Topliss-reactive ketones (excluding diaryl/α,β-unsaturated/α-hetero) is 1. The van der Waals surface area contributed by atoms with Gasteiger partial charge in [-0.15, -0.1) is 0 Å². The second-order valence-electron chi connectivity index (χ2n) is 11.5. The lowest BCUT2D eigenvalue weighted by Gasteiger charge is -2.30. The quantitative estimate of drug-likeness (QED) is 0.353. The van der Waals surface area contributed by atoms with Gasteiger partial charge in [-0.25, -0.2) is 17.8 Å². The van der Waals surface area contributed by atoms with Crippen molar-refractivity contribution in [3.8, 4) is 28.8 Å². The maximum absolute atomic E-state index is 13.6. The number of sulfone groups is 1. The van der Waals surface area contributed by atoms with Crippen LogP contribution in [0.25, 0.3) is 22.8 Å². The summed E-state index contributed by atoms with van der Waals surface area (Å²) in [6.45, 7) is 0.917. The van der Waals surface area contributed by atoms with Crippen molar-refractivity contribution in [1.29, 1.82) is 5.26 Å². The molecule has 40 heavy (non-hydrogen) atoms. The fourth-order valence-electron chi connectivity index (χ4n) is 6.09. The van der Waals surface area contributed by atoms with Crippen molar-refractivity contribution >= 4 is 21.3 Å². The second kappa shape index (κ2) is 10.5. The van der Waals surface area contributed by atoms with E-state index in [1.807, 2.05) is 24.3 Å². The molecular formula is C31H32FN3O4S. The van der Waals surface area contributed by atoms with Crippen molar-refractivity contribution < 1.29 is 22.0 Å². The first-order valence-electron chi connectivity index (χ1n) is 14.0. The first kappa shape index (κ1) is 26.7. The summed E-state index contributed by atoms with van der Waals surface area (Å²) in [5.74, 6) is 0.701. The fraction of sp³-hybridized carbons (Fsp3) is 0.452. The van der Waals surface area contributed by atoms with Gasteiger partial charge in [-0.1, -0.05) is 12.8 Å². The van der Waals surface area contributed by atoms with E-state index < -0.39 is 15.3 Å². The predicted molar refractivity (Wildman–Crippen MR) is 150 cm³/mol. The highest BCUT2D eigenvalue weighted by Crippen LogP contribution is 2.51. The summed E-state index contributed by atoms with van der Waals surface area (Å²) in [7, 11) is -2.97. The third-order valence-corrected chi connectivity index (χ3v) is 10.3. The van der Waals surface area contributed by atoms with Gasteiger partial charge in [0.05, 0.1) is 28.7 Å². The zero-order valence-corrected chi connectivity index (χ0v) is 23.1. The first-order valence-corrected chi connectivity index (χ1v) is 15.8. The van der Waals surface area contributed by atoms with Gasteiger partial charge in [0.15, 0.2) is 15.6 Å². The smallest absolute Gasteiger partial charge is 0.227 e. The summed E-state index contributed by atoms with van der Waals surface area (Å²) in [6.07, 6.45) is 5.37. The van der Waals surface area contributed by atoms with Crippen molar-refractivity contribution in [3.63, 3.8) is 0 Å². The monoisotopic (exact) mass is 561 g/mol. The molecule has 0 unspecified atom stereocenters. The molecule has 0 N–H and O–H groups in total. The minimum absolute atomic E-state index is 0.129. The molecule has 0 spiro atoms. The maximum Gasteiger partial charge on any atom is 0.227 e. The highest BCUT2D eigenvalue weighted by molar-refractivity contribution is 7.91. The minimum atomic E-state index is -2.97. The average Bonchev–Trinajstić information content (AvgIpc) is 3.60. The Bertz CT molecular complexity index is 1540. The molecule has 0 amide bonds. The van der Waals surface area contributed by atoms with Crippen LogP contribution in [0.5, 0.6) is 0 Å². The number of hydrogen-bond acceptors (Lipinski definition) is 7. The molecule has 208 valence electrons. The molecular weight excluding hydrogens is 529 g/mol. The third-order valence-electron chi connectivity index (χ3n) is 8.72. The maximum atomic E-state index is 13.6. The molecule has 3 aromatic rings. The number of rotatable bonds is 7. The average molecular weight is 562 g/mol. The van der Waals surface area contributed by atoms with Crippen molar-refractivity contribution in [3.05, 3.63) is 60.0 Å². The van der Waals surface area contributed by atoms with Gasteiger partial charge < -0.3 is 9.32 Å². The molecule has 6 rings (SSSR count). The van der Waals surface area contributed by atoms with E-state index in [0.29, 0.717) is 36.7 Å². The van der Waals surface area contributed by atoms with Gasteiger partial charge in [-0.05, 0) is 74.2 Å². The minimum Gasteiger partial charge on any atom is -0.436 e. The van der Waals surface area contributed by atoms with Gasteiger partial charge in [0.25, 0.3) is 0 Å². The van der Waals surface area contributed by atoms with Crippen LogP contribution in [0.15, 0.2) is 52.9 Å². The Morgan fingerprint density at radius 1 is 1.02 bits per heavy atom. The summed E-state index contributed by atoms with van der Waals surface area (Å²) in [6, 6.07) is 16.2. The molecule has 0 radical (unpaired) electrons. The molecule has 2 heterocycles. The van der Waals surface area contributed by atoms with E-state index in [0.717, 1.165) is 55.5 Å². The Morgan fingerprint density at radius 3 is 2.33 bits per heavy atom. The van der Waals surface area contributed by atoms with E-state index in [-0.39, 0.29) is 34.9 Å². The zero-order chi connectivity index (χ0) is 27.9. The highest BCUT2D eigenvalue weighted by Gasteiger charge is 2.47. The molecule has 9 heteroatoms. The van der Waals surface area contributed by atoms with Gasteiger partial charge in [-0.3, -0.25) is 4.79 Å². The number of anilines is 1. The van der Waals surface area contributed by atoms with E-state index in [1.54, 1.807) is 12.1 Å². The summed E-state index contributed by atoms with van der Waals surface area (Å²) in [4.78, 5) is 20.5. The molecule has 2 atom stereocenters. The number of carbonyl (C=O) groups is 1. The number of benzene rings is 2. The van der Waals surface area contributed by atoms with Gasteiger partial charge in [0, 0.05) is 48.2 Å². The number of aromatic nitrogens is 1. The Kier molecular flexibility index (Phi) is 6.99. The molecule has 1 aliphatic heterocycles. The number of oxazole rings is 1. The van der Waals surface area contributed by atoms with Gasteiger partial charge >= 0.3 is 0 Å². The second-order valence-corrected chi connectivity index (χ2v) is 13.8. The molecule has 2 aromatic carbocycles. The van der Waals surface area contributed by atoms with Gasteiger partial charge in [-0.2, -0.15) is 5.26 Å². The fourth-order valence-corrected chi connectivity index (χ4v) is 7.29. The van der Waals surface area contributed by atoms with Gasteiger partial charge in [0.2, 0.25) is 5.89 Å². The van der Waals surface area contributed by atoms with Crippen LogP contribution in [-0.2, 0) is 14.6 Å². The molecule has 0 bridgehead atoms. The molecule has 3 aliphatic rings. The topological polar surface area (TPSA) is 104 Å². The largest absolute Gasteiger partial charge is 0.436 e. The van der Waals surface area contributed by atoms with E-state index in [4.69, 9.17) is 9.40 Å². The van der Waals surface area contributed by atoms with Crippen LogP contribution in [0.4, 0.5) is 10.1 Å². The molecule has 1 aromatic heterocycles. The lowest BCUT2D eigenvalue weighted by molar-refractivity contribution is -0.125. The Hall–Kier alpha value is -3.51. The Morgan fingerprint density at radius 2 is 1.68 bits per heavy atom. The van der Waals surface area contributed by atoms with Crippen molar-refractivity contribution in [1.82, 2.24) is 4.98 Å². The molecule has 7 nitrogen and oxygen atoms in total. The Labute approximate surface area is 233 Å². The van der Waals surface area contributed by atoms with Crippen molar-refractivity contribution in [2.45, 2.75) is 50.9 Å². The predicted octanol–water partition coefficient (Wildman–Crippen LogP) is 5.92. The van der Waals surface area contributed by atoms with Crippen LogP contribution in [0.3, 0.4) is 0 Å². The van der Waals surface area contributed by atoms with Crippen LogP contribution in [-0.4, -0.2) is 43.8 Å². The Balaban J connectivity index is 1.35. The lowest BCUT2D eigenvalue weighted by Crippen LogP contribution is -2.40. The summed E-state index contributed by atoms with van der Waals surface area (Å²) >= 11 is 0. The van der Waals surface area contributed by atoms with Crippen LogP contribution < -0.4 is 4.90 Å². The molecule has 3 fully saturated rings. The number of nitriles is 1. The van der Waals surface area contributed by atoms with Crippen molar-refractivity contribution in [2.24, 2.45) is 11.3 Å². The lowest BCUT2D eigenvalue weighted by atomic mass is 9.73. The molecule has 2 saturated carbocycles. The van der Waals surface area contributed by atoms with E-state index in [1.165, 1.54) is 12.1 Å². The number of carbonyl (C=O) groups excluding carboxylic acids is 1. The SMILES string of the molecule is N#CC1(CC(=O)[C@@H]2CCCC[C@H]2c2nc(-c3ccc(F)cc3)oc2-c2ccc(N3CCS(=O)(=O)CC3)cc2)CC1. The van der Waals surface area contributed by atoms with E-state index >= 15 is 0 Å². The summed E-state index contributed by atoms with van der Waals surface area (Å²) in [5, 5.41) is 9.58. The van der Waals surface area contributed by atoms with Crippen LogP contribution in [0, 0.1) is 28.5 Å². The number of hydrogen-bond donors (Lipinski definition) is 0. The third kappa shape index (κ3) is 5.42. The number of ketones is 1. The number of nitrogens with zero attached hydrogens (tertiary/aromatic N) is 3. The van der Waals surface area contributed by atoms with Gasteiger partial charge in [0.1, 0.15) is 11.6 Å². The van der Waals surface area contributed by atoms with Crippen LogP contribution in [0.1, 0.15) is 56.6 Å². The van der Waals surface area contributed by atoms with Crippen molar-refractivity contribution in [2.75, 3.05) is 29.5 Å².